The second kappa shape index (κ2) is 5.92. The fraction of sp³-hybridized carbons (Fsp3) is 0.571. The highest BCUT2D eigenvalue weighted by molar-refractivity contribution is 7.92. The number of hydrogen-bond acceptors (Lipinski definition) is 3. The summed E-state index contributed by atoms with van der Waals surface area (Å²) in [7, 11) is -3.26. The highest BCUT2D eigenvalue weighted by Crippen LogP contribution is 2.23. The quantitative estimate of drug-likeness (QED) is 0.842. The van der Waals surface area contributed by atoms with Crippen LogP contribution < -0.4 is 10.5 Å². The van der Waals surface area contributed by atoms with Gasteiger partial charge in [-0.25, -0.2) is 8.42 Å². The van der Waals surface area contributed by atoms with E-state index in [1.54, 1.807) is 12.1 Å². The average molecular weight is 284 g/mol. The fourth-order valence-corrected chi connectivity index (χ4v) is 3.22. The second-order valence-corrected chi connectivity index (χ2v) is 7.71. The number of benzene rings is 1. The molecule has 0 fully saturated rings. The van der Waals surface area contributed by atoms with Crippen LogP contribution in [0.1, 0.15) is 33.3 Å². The van der Waals surface area contributed by atoms with Gasteiger partial charge in [-0.15, -0.1) is 0 Å². The fourth-order valence-electron chi connectivity index (χ4n) is 1.77. The molecule has 5 heteroatoms. The Kier molecular flexibility index (Phi) is 4.98. The Morgan fingerprint density at radius 1 is 1.21 bits per heavy atom. The molecule has 0 aliphatic heterocycles. The maximum absolute atomic E-state index is 11.8. The number of sulfonamides is 1. The first-order valence-electron chi connectivity index (χ1n) is 6.47. The number of nitrogens with two attached hydrogens (primary N) is 1. The van der Waals surface area contributed by atoms with Crippen molar-refractivity contribution in [2.45, 2.75) is 33.1 Å². The van der Waals surface area contributed by atoms with Crippen LogP contribution in [0.25, 0.3) is 0 Å². The molecule has 0 unspecified atom stereocenters. The zero-order chi connectivity index (χ0) is 14.7. The van der Waals surface area contributed by atoms with E-state index >= 15 is 0 Å². The van der Waals surface area contributed by atoms with Crippen molar-refractivity contribution in [3.63, 3.8) is 0 Å². The molecule has 0 bridgehead atoms. The minimum absolute atomic E-state index is 0.102. The van der Waals surface area contributed by atoms with Crippen LogP contribution in [0.5, 0.6) is 0 Å². The SMILES string of the molecule is CC(C)CS(=O)(=O)Nc1ccc(C(C)(C)CN)cc1. The van der Waals surface area contributed by atoms with Gasteiger partial charge in [-0.1, -0.05) is 39.8 Å². The van der Waals surface area contributed by atoms with E-state index in [1.165, 1.54) is 0 Å². The summed E-state index contributed by atoms with van der Waals surface area (Å²) in [5, 5.41) is 0. The Morgan fingerprint density at radius 3 is 2.16 bits per heavy atom. The summed E-state index contributed by atoms with van der Waals surface area (Å²) in [5.41, 5.74) is 7.31. The van der Waals surface area contributed by atoms with Gasteiger partial charge >= 0.3 is 0 Å². The van der Waals surface area contributed by atoms with Crippen LogP contribution in [0, 0.1) is 5.92 Å². The molecule has 0 aromatic heterocycles. The molecule has 0 heterocycles. The van der Waals surface area contributed by atoms with E-state index in [1.807, 2.05) is 26.0 Å². The molecule has 0 aliphatic rings. The van der Waals surface area contributed by atoms with Gasteiger partial charge < -0.3 is 5.73 Å². The Labute approximate surface area is 116 Å². The van der Waals surface area contributed by atoms with Crippen molar-refractivity contribution in [3.05, 3.63) is 29.8 Å². The lowest BCUT2D eigenvalue weighted by Crippen LogP contribution is -2.28. The molecular formula is C14H24N2O2S. The highest BCUT2D eigenvalue weighted by atomic mass is 32.2. The normalized spacial score (nSPS) is 12.7. The summed E-state index contributed by atoms with van der Waals surface area (Å²) in [6.07, 6.45) is 0. The maximum atomic E-state index is 11.8. The predicted molar refractivity (Wildman–Crippen MR) is 80.8 cm³/mol. The van der Waals surface area contributed by atoms with Crippen molar-refractivity contribution in [2.24, 2.45) is 11.7 Å². The monoisotopic (exact) mass is 284 g/mol. The van der Waals surface area contributed by atoms with Crippen molar-refractivity contribution in [2.75, 3.05) is 17.0 Å². The number of anilines is 1. The first kappa shape index (κ1) is 16.0. The van der Waals surface area contributed by atoms with Crippen LogP contribution in [0.4, 0.5) is 5.69 Å². The third-order valence-electron chi connectivity index (χ3n) is 3.00. The lowest BCUT2D eigenvalue weighted by atomic mass is 9.85. The van der Waals surface area contributed by atoms with E-state index in [0.29, 0.717) is 12.2 Å². The smallest absolute Gasteiger partial charge is 0.232 e. The van der Waals surface area contributed by atoms with E-state index in [4.69, 9.17) is 5.73 Å². The zero-order valence-electron chi connectivity index (χ0n) is 12.1. The van der Waals surface area contributed by atoms with E-state index < -0.39 is 10.0 Å². The van der Waals surface area contributed by atoms with E-state index in [0.717, 1.165) is 5.56 Å². The Balaban J connectivity index is 2.84. The van der Waals surface area contributed by atoms with Crippen LogP contribution in [-0.2, 0) is 15.4 Å². The van der Waals surface area contributed by atoms with Crippen LogP contribution in [0.2, 0.25) is 0 Å². The molecule has 108 valence electrons. The standard InChI is InChI=1S/C14H24N2O2S/c1-11(2)9-19(17,18)16-13-7-5-12(6-8-13)14(3,4)10-15/h5-8,11,16H,9-10,15H2,1-4H3. The van der Waals surface area contributed by atoms with Crippen molar-refractivity contribution in [3.8, 4) is 0 Å². The topological polar surface area (TPSA) is 72.2 Å². The van der Waals surface area contributed by atoms with Crippen LogP contribution >= 0.6 is 0 Å². The molecule has 0 amide bonds. The summed E-state index contributed by atoms with van der Waals surface area (Å²) in [6, 6.07) is 7.40. The van der Waals surface area contributed by atoms with Gasteiger partial charge in [-0.2, -0.15) is 0 Å². The van der Waals surface area contributed by atoms with Gasteiger partial charge in [0.05, 0.1) is 5.75 Å². The molecular weight excluding hydrogens is 260 g/mol. The number of rotatable bonds is 6. The minimum atomic E-state index is -3.26. The van der Waals surface area contributed by atoms with Gasteiger partial charge in [0.2, 0.25) is 10.0 Å². The lowest BCUT2D eigenvalue weighted by molar-refractivity contribution is 0.539. The first-order valence-corrected chi connectivity index (χ1v) is 8.12. The Hall–Kier alpha value is -1.07. The number of hydrogen-bond donors (Lipinski definition) is 2. The first-order chi connectivity index (χ1) is 8.66. The van der Waals surface area contributed by atoms with Crippen LogP contribution in [0.3, 0.4) is 0 Å². The largest absolute Gasteiger partial charge is 0.330 e. The molecule has 0 aliphatic carbocycles. The number of nitrogens with one attached hydrogen (secondary N) is 1. The van der Waals surface area contributed by atoms with Gasteiger partial charge in [-0.3, -0.25) is 4.72 Å². The van der Waals surface area contributed by atoms with Crippen molar-refractivity contribution in [1.82, 2.24) is 0 Å². The third kappa shape index (κ3) is 4.84. The van der Waals surface area contributed by atoms with Crippen molar-refractivity contribution in [1.29, 1.82) is 0 Å². The maximum Gasteiger partial charge on any atom is 0.232 e. The van der Waals surface area contributed by atoms with Gasteiger partial charge in [0.1, 0.15) is 0 Å². The van der Waals surface area contributed by atoms with Gasteiger partial charge in [0.15, 0.2) is 0 Å². The van der Waals surface area contributed by atoms with Crippen LogP contribution in [0.15, 0.2) is 24.3 Å². The Morgan fingerprint density at radius 2 is 1.74 bits per heavy atom. The van der Waals surface area contributed by atoms with Gasteiger partial charge in [-0.05, 0) is 23.6 Å². The van der Waals surface area contributed by atoms with Gasteiger partial charge in [0, 0.05) is 17.6 Å². The summed E-state index contributed by atoms with van der Waals surface area (Å²) >= 11 is 0. The Bertz CT molecular complexity index is 505. The summed E-state index contributed by atoms with van der Waals surface area (Å²) in [6.45, 7) is 8.43. The predicted octanol–water partition coefficient (Wildman–Crippen LogP) is 2.32. The third-order valence-corrected chi connectivity index (χ3v) is 4.65. The molecule has 0 radical (unpaired) electrons. The zero-order valence-corrected chi connectivity index (χ0v) is 12.9. The molecule has 0 atom stereocenters. The molecule has 1 aromatic carbocycles. The molecule has 0 spiro atoms. The summed E-state index contributed by atoms with van der Waals surface area (Å²) in [4.78, 5) is 0. The lowest BCUT2D eigenvalue weighted by Gasteiger charge is -2.23. The molecule has 1 aromatic rings. The molecule has 3 N–H and O–H groups in total. The molecule has 1 rings (SSSR count). The molecule has 4 nitrogen and oxygen atoms in total. The van der Waals surface area contributed by atoms with E-state index in [9.17, 15) is 8.42 Å². The average Bonchev–Trinajstić information content (AvgIpc) is 2.27. The molecule has 0 saturated heterocycles. The van der Waals surface area contributed by atoms with E-state index in [-0.39, 0.29) is 17.1 Å². The second-order valence-electron chi connectivity index (χ2n) is 5.94. The molecule has 19 heavy (non-hydrogen) atoms. The van der Waals surface area contributed by atoms with E-state index in [2.05, 4.69) is 18.6 Å². The van der Waals surface area contributed by atoms with Crippen LogP contribution in [-0.4, -0.2) is 20.7 Å². The van der Waals surface area contributed by atoms with Crippen molar-refractivity contribution < 1.29 is 8.42 Å². The van der Waals surface area contributed by atoms with Crippen molar-refractivity contribution >= 4 is 15.7 Å². The molecule has 0 saturated carbocycles. The minimum Gasteiger partial charge on any atom is -0.330 e. The summed E-state index contributed by atoms with van der Waals surface area (Å²) < 4.78 is 26.2. The highest BCUT2D eigenvalue weighted by Gasteiger charge is 2.18. The van der Waals surface area contributed by atoms with Gasteiger partial charge in [0.25, 0.3) is 0 Å². The summed E-state index contributed by atoms with van der Waals surface area (Å²) in [5.74, 6) is 0.233.